The van der Waals surface area contributed by atoms with Crippen LogP contribution in [0.2, 0.25) is 0 Å². The summed E-state index contributed by atoms with van der Waals surface area (Å²) in [4.78, 5) is 14.8. The van der Waals surface area contributed by atoms with Gasteiger partial charge in [0.05, 0.1) is 0 Å². The summed E-state index contributed by atoms with van der Waals surface area (Å²) in [7, 11) is 0. The summed E-state index contributed by atoms with van der Waals surface area (Å²) in [5, 5.41) is 0. The molecule has 4 aromatic rings. The monoisotopic (exact) mass is 472 g/mol. The molecule has 4 nitrogen and oxygen atoms in total. The van der Waals surface area contributed by atoms with Gasteiger partial charge in [0.25, 0.3) is 0 Å². The molecule has 7 rings (SSSR count). The SMILES string of the molecule is Cc1cc(C)cc(N2c3nccnc3N3c4cc(-c5c(C)cccc5C)ccc4C4(C)CC4(C)C23)c1. The number of aryl methyl sites for hydroxylation is 4. The van der Waals surface area contributed by atoms with E-state index in [2.05, 4.69) is 106 Å². The lowest BCUT2D eigenvalue weighted by molar-refractivity contribution is 0.371. The van der Waals surface area contributed by atoms with Crippen molar-refractivity contribution in [2.75, 3.05) is 9.80 Å². The molecule has 3 aliphatic rings. The Balaban J connectivity index is 1.49. The van der Waals surface area contributed by atoms with Crippen LogP contribution in [0.25, 0.3) is 11.1 Å². The molecule has 1 aromatic heterocycles. The minimum atomic E-state index is 0.0835. The minimum absolute atomic E-state index is 0.0835. The summed E-state index contributed by atoms with van der Waals surface area (Å²) in [6, 6.07) is 20.5. The summed E-state index contributed by atoms with van der Waals surface area (Å²) >= 11 is 0. The highest BCUT2D eigenvalue weighted by molar-refractivity contribution is 5.90. The highest BCUT2D eigenvalue weighted by atomic mass is 15.5. The first kappa shape index (κ1) is 21.6. The van der Waals surface area contributed by atoms with Gasteiger partial charge in [0.1, 0.15) is 6.17 Å². The van der Waals surface area contributed by atoms with Crippen LogP contribution in [0.3, 0.4) is 0 Å². The van der Waals surface area contributed by atoms with Gasteiger partial charge < -0.3 is 9.80 Å². The molecular formula is C32H32N4. The fraction of sp³-hybridized carbons (Fsp3) is 0.312. The van der Waals surface area contributed by atoms with Crippen LogP contribution in [0.1, 0.15) is 48.1 Å². The second-order valence-electron chi connectivity index (χ2n) is 11.6. The van der Waals surface area contributed by atoms with Crippen molar-refractivity contribution in [3.63, 3.8) is 0 Å². The zero-order valence-electron chi connectivity index (χ0n) is 21.9. The molecule has 1 aliphatic carbocycles. The first-order valence-electron chi connectivity index (χ1n) is 12.9. The van der Waals surface area contributed by atoms with Crippen molar-refractivity contribution < 1.29 is 0 Å². The van der Waals surface area contributed by atoms with Crippen molar-refractivity contribution >= 4 is 23.0 Å². The normalized spacial score (nSPS) is 25.2. The van der Waals surface area contributed by atoms with Crippen LogP contribution in [0, 0.1) is 33.1 Å². The minimum Gasteiger partial charge on any atom is -0.301 e. The number of nitrogens with zero attached hydrogens (tertiary/aromatic N) is 4. The molecule has 0 saturated heterocycles. The Morgan fingerprint density at radius 3 is 2.08 bits per heavy atom. The zero-order chi connectivity index (χ0) is 25.0. The molecule has 0 bridgehead atoms. The Morgan fingerprint density at radius 2 is 1.42 bits per heavy atom. The molecule has 0 radical (unpaired) electrons. The maximum atomic E-state index is 4.93. The molecule has 4 heteroatoms. The number of hydrogen-bond acceptors (Lipinski definition) is 4. The van der Waals surface area contributed by atoms with Crippen LogP contribution in [0.15, 0.2) is 67.0 Å². The van der Waals surface area contributed by atoms with E-state index in [1.54, 1.807) is 0 Å². The Kier molecular flexibility index (Phi) is 4.18. The van der Waals surface area contributed by atoms with Crippen LogP contribution >= 0.6 is 0 Å². The average molecular weight is 473 g/mol. The predicted octanol–water partition coefficient (Wildman–Crippen LogP) is 7.67. The number of hydrogen-bond donors (Lipinski definition) is 0. The molecule has 1 saturated carbocycles. The molecule has 180 valence electrons. The van der Waals surface area contributed by atoms with Crippen LogP contribution in [0.4, 0.5) is 23.0 Å². The number of fused-ring (bicyclic) bond motifs is 8. The van der Waals surface area contributed by atoms with Gasteiger partial charge in [-0.2, -0.15) is 0 Å². The van der Waals surface area contributed by atoms with Gasteiger partial charge in [-0.3, -0.25) is 0 Å². The van der Waals surface area contributed by atoms with E-state index in [1.165, 1.54) is 50.3 Å². The zero-order valence-corrected chi connectivity index (χ0v) is 21.9. The van der Waals surface area contributed by atoms with Crippen molar-refractivity contribution in [3.8, 4) is 11.1 Å². The fourth-order valence-electron chi connectivity index (χ4n) is 7.27. The van der Waals surface area contributed by atoms with Crippen molar-refractivity contribution in [1.29, 1.82) is 0 Å². The maximum Gasteiger partial charge on any atom is 0.178 e. The van der Waals surface area contributed by atoms with Gasteiger partial charge in [0.2, 0.25) is 0 Å². The van der Waals surface area contributed by atoms with Gasteiger partial charge in [-0.15, -0.1) is 0 Å². The van der Waals surface area contributed by atoms with Crippen molar-refractivity contribution in [1.82, 2.24) is 9.97 Å². The lowest BCUT2D eigenvalue weighted by atomic mass is 9.80. The number of rotatable bonds is 2. The maximum absolute atomic E-state index is 4.93. The first-order valence-corrected chi connectivity index (χ1v) is 12.9. The average Bonchev–Trinajstić information content (AvgIpc) is 3.25. The topological polar surface area (TPSA) is 32.3 Å². The molecule has 2 aliphatic heterocycles. The molecule has 0 N–H and O–H groups in total. The van der Waals surface area contributed by atoms with E-state index in [9.17, 15) is 0 Å². The number of anilines is 4. The van der Waals surface area contributed by atoms with Crippen LogP contribution in [-0.2, 0) is 5.41 Å². The molecule has 36 heavy (non-hydrogen) atoms. The number of aromatic nitrogens is 2. The van der Waals surface area contributed by atoms with E-state index in [-0.39, 0.29) is 17.0 Å². The first-order chi connectivity index (χ1) is 17.2. The summed E-state index contributed by atoms with van der Waals surface area (Å²) in [6.07, 6.45) is 4.93. The summed E-state index contributed by atoms with van der Waals surface area (Å²) in [5.74, 6) is 1.91. The Morgan fingerprint density at radius 1 is 0.778 bits per heavy atom. The van der Waals surface area contributed by atoms with E-state index in [1.807, 2.05) is 12.4 Å². The van der Waals surface area contributed by atoms with E-state index >= 15 is 0 Å². The molecule has 0 amide bonds. The summed E-state index contributed by atoms with van der Waals surface area (Å²) in [6.45, 7) is 13.7. The van der Waals surface area contributed by atoms with E-state index in [0.717, 1.165) is 18.1 Å². The van der Waals surface area contributed by atoms with Crippen molar-refractivity contribution in [3.05, 3.63) is 94.8 Å². The van der Waals surface area contributed by atoms with Crippen molar-refractivity contribution in [2.45, 2.75) is 59.5 Å². The molecular weight excluding hydrogens is 440 g/mol. The molecule has 0 spiro atoms. The third kappa shape index (κ3) is 2.65. The van der Waals surface area contributed by atoms with Gasteiger partial charge in [0.15, 0.2) is 11.6 Å². The standard InChI is InChI=1S/C32H32N4/c1-19-14-20(2)16-24(15-19)35-28-29(34-13-12-33-28)36-26-17-23(27-21(3)8-7-9-22(27)4)10-11-25(26)31(5)18-32(31,6)30(35)36/h7-17,30H,18H2,1-6H3. The van der Waals surface area contributed by atoms with Crippen LogP contribution in [-0.4, -0.2) is 16.1 Å². The quantitative estimate of drug-likeness (QED) is 0.300. The molecule has 3 heterocycles. The summed E-state index contributed by atoms with van der Waals surface area (Å²) < 4.78 is 0. The second-order valence-corrected chi connectivity index (χ2v) is 11.6. The van der Waals surface area contributed by atoms with Gasteiger partial charge in [-0.05, 0) is 91.3 Å². The van der Waals surface area contributed by atoms with Crippen molar-refractivity contribution in [2.24, 2.45) is 5.41 Å². The highest BCUT2D eigenvalue weighted by Gasteiger charge is 2.73. The van der Waals surface area contributed by atoms with Gasteiger partial charge >= 0.3 is 0 Å². The van der Waals surface area contributed by atoms with Gasteiger partial charge in [-0.25, -0.2) is 9.97 Å². The fourth-order valence-corrected chi connectivity index (χ4v) is 7.27. The van der Waals surface area contributed by atoms with E-state index in [0.29, 0.717) is 0 Å². The Bertz CT molecular complexity index is 1530. The third-order valence-electron chi connectivity index (χ3n) is 9.14. The van der Waals surface area contributed by atoms with E-state index in [4.69, 9.17) is 9.97 Å². The lowest BCUT2D eigenvalue weighted by Crippen LogP contribution is -2.50. The largest absolute Gasteiger partial charge is 0.301 e. The van der Waals surface area contributed by atoms with Gasteiger partial charge in [-0.1, -0.05) is 50.2 Å². The van der Waals surface area contributed by atoms with Gasteiger partial charge in [0, 0.05) is 34.6 Å². The Labute approximate surface area is 213 Å². The molecule has 3 atom stereocenters. The second kappa shape index (κ2) is 6.97. The van der Waals surface area contributed by atoms with Crippen LogP contribution < -0.4 is 9.80 Å². The predicted molar refractivity (Wildman–Crippen MR) is 147 cm³/mol. The smallest absolute Gasteiger partial charge is 0.178 e. The third-order valence-corrected chi connectivity index (χ3v) is 9.14. The van der Waals surface area contributed by atoms with Crippen LogP contribution in [0.5, 0.6) is 0 Å². The molecule has 1 fully saturated rings. The molecule has 3 unspecified atom stereocenters. The Hall–Kier alpha value is -3.66. The van der Waals surface area contributed by atoms with E-state index < -0.39 is 0 Å². The summed E-state index contributed by atoms with van der Waals surface area (Å²) in [5.41, 5.74) is 11.8. The molecule has 3 aromatic carbocycles. The highest BCUT2D eigenvalue weighted by Crippen LogP contribution is 2.75. The lowest BCUT2D eigenvalue weighted by Gasteiger charge is -2.44. The number of benzene rings is 3.